The van der Waals surface area contributed by atoms with E-state index in [1.54, 1.807) is 0 Å². The number of nitrogens with zero attached hydrogens (tertiary/aromatic N) is 1. The minimum absolute atomic E-state index is 0.375. The standard InChI is InChI=1S/C19H26N4O/c1-20-19(23-17-11-14-8-9-18(17)24-14)21-10-4-5-13-12-22-16-7-3-2-6-15(13)16/h2-3,6-7,12,14,17-18,22H,4-5,8-11H2,1H3,(H2,20,21,23). The highest BCUT2D eigenvalue weighted by atomic mass is 16.5. The molecule has 0 amide bonds. The lowest BCUT2D eigenvalue weighted by atomic mass is 9.96. The summed E-state index contributed by atoms with van der Waals surface area (Å²) >= 11 is 0. The molecular formula is C19H26N4O. The predicted octanol–water partition coefficient (Wildman–Crippen LogP) is 2.59. The SMILES string of the molecule is CN=C(NCCCc1c[nH]c2ccccc12)NC1CC2CCC1O2. The Labute approximate surface area is 142 Å². The number of H-pyrrole nitrogens is 1. The summed E-state index contributed by atoms with van der Waals surface area (Å²) in [4.78, 5) is 7.69. The summed E-state index contributed by atoms with van der Waals surface area (Å²) in [6, 6.07) is 8.90. The van der Waals surface area contributed by atoms with Crippen LogP contribution in [0.2, 0.25) is 0 Å². The number of aromatic amines is 1. The van der Waals surface area contributed by atoms with Gasteiger partial charge in [-0.15, -0.1) is 0 Å². The van der Waals surface area contributed by atoms with Crippen molar-refractivity contribution in [1.82, 2.24) is 15.6 Å². The van der Waals surface area contributed by atoms with Crippen molar-refractivity contribution in [2.45, 2.75) is 50.4 Å². The van der Waals surface area contributed by atoms with E-state index in [1.165, 1.54) is 29.3 Å². The fraction of sp³-hybridized carbons (Fsp3) is 0.526. The third-order valence-electron chi connectivity index (χ3n) is 5.24. The molecule has 2 aliphatic heterocycles. The zero-order valence-corrected chi connectivity index (χ0v) is 14.2. The van der Waals surface area contributed by atoms with Gasteiger partial charge in [-0.05, 0) is 43.7 Å². The lowest BCUT2D eigenvalue weighted by Crippen LogP contribution is -2.47. The molecule has 3 N–H and O–H groups in total. The number of aromatic nitrogens is 1. The van der Waals surface area contributed by atoms with Crippen LogP contribution in [0.25, 0.3) is 10.9 Å². The van der Waals surface area contributed by atoms with Gasteiger partial charge in [0.2, 0.25) is 0 Å². The molecule has 0 spiro atoms. The molecule has 2 aliphatic rings. The summed E-state index contributed by atoms with van der Waals surface area (Å²) in [6.45, 7) is 0.918. The van der Waals surface area contributed by atoms with Crippen LogP contribution < -0.4 is 10.6 Å². The Kier molecular flexibility index (Phi) is 4.43. The van der Waals surface area contributed by atoms with Crippen LogP contribution in [0.1, 0.15) is 31.2 Å². The number of rotatable bonds is 5. The van der Waals surface area contributed by atoms with Crippen LogP contribution in [0.5, 0.6) is 0 Å². The molecule has 1 aromatic heterocycles. The van der Waals surface area contributed by atoms with Gasteiger partial charge >= 0.3 is 0 Å². The second-order valence-electron chi connectivity index (χ2n) is 6.82. The van der Waals surface area contributed by atoms with Gasteiger partial charge < -0.3 is 20.4 Å². The monoisotopic (exact) mass is 326 g/mol. The number of benzene rings is 1. The van der Waals surface area contributed by atoms with Crippen LogP contribution >= 0.6 is 0 Å². The van der Waals surface area contributed by atoms with E-state index in [0.717, 1.165) is 31.8 Å². The van der Waals surface area contributed by atoms with Gasteiger partial charge in [-0.3, -0.25) is 4.99 Å². The zero-order valence-electron chi connectivity index (χ0n) is 14.2. The van der Waals surface area contributed by atoms with Gasteiger partial charge in [0.15, 0.2) is 5.96 Å². The van der Waals surface area contributed by atoms with Crippen LogP contribution in [0.3, 0.4) is 0 Å². The Morgan fingerprint density at radius 3 is 3.04 bits per heavy atom. The summed E-state index contributed by atoms with van der Waals surface area (Å²) in [5, 5.41) is 8.30. The van der Waals surface area contributed by atoms with Crippen molar-refractivity contribution in [1.29, 1.82) is 0 Å². The van der Waals surface area contributed by atoms with E-state index in [2.05, 4.69) is 51.1 Å². The molecule has 0 saturated carbocycles. The predicted molar refractivity (Wildman–Crippen MR) is 97.4 cm³/mol. The Morgan fingerprint density at radius 1 is 1.33 bits per heavy atom. The van der Waals surface area contributed by atoms with E-state index in [0.29, 0.717) is 18.2 Å². The topological polar surface area (TPSA) is 61.4 Å². The van der Waals surface area contributed by atoms with E-state index < -0.39 is 0 Å². The number of hydrogen-bond acceptors (Lipinski definition) is 2. The maximum atomic E-state index is 5.90. The molecular weight excluding hydrogens is 300 g/mol. The molecule has 3 unspecified atom stereocenters. The fourth-order valence-corrected chi connectivity index (χ4v) is 3.98. The molecule has 128 valence electrons. The van der Waals surface area contributed by atoms with E-state index in [9.17, 15) is 0 Å². The summed E-state index contributed by atoms with van der Waals surface area (Å²) in [7, 11) is 1.84. The van der Waals surface area contributed by atoms with Crippen molar-refractivity contribution in [2.24, 2.45) is 4.99 Å². The number of aliphatic imine (C=N–C) groups is 1. The first-order valence-corrected chi connectivity index (χ1v) is 9.01. The van der Waals surface area contributed by atoms with Gasteiger partial charge in [-0.2, -0.15) is 0 Å². The molecule has 24 heavy (non-hydrogen) atoms. The number of guanidine groups is 1. The van der Waals surface area contributed by atoms with Crippen molar-refractivity contribution < 1.29 is 4.74 Å². The number of para-hydroxylation sites is 1. The maximum absolute atomic E-state index is 5.90. The summed E-state index contributed by atoms with van der Waals surface area (Å²) < 4.78 is 5.90. The minimum atomic E-state index is 0.375. The maximum Gasteiger partial charge on any atom is 0.191 e. The van der Waals surface area contributed by atoms with Crippen LogP contribution in [0.4, 0.5) is 0 Å². The molecule has 3 heterocycles. The Hall–Kier alpha value is -2.01. The highest BCUT2D eigenvalue weighted by molar-refractivity contribution is 5.83. The number of nitrogens with one attached hydrogen (secondary N) is 3. The summed E-state index contributed by atoms with van der Waals surface area (Å²) in [6.07, 6.45) is 8.62. The van der Waals surface area contributed by atoms with Crippen molar-refractivity contribution in [3.8, 4) is 0 Å². The molecule has 0 radical (unpaired) electrons. The summed E-state index contributed by atoms with van der Waals surface area (Å²) in [5.41, 5.74) is 2.60. The van der Waals surface area contributed by atoms with Gasteiger partial charge in [0, 0.05) is 30.7 Å². The van der Waals surface area contributed by atoms with Crippen LogP contribution in [0.15, 0.2) is 35.5 Å². The third kappa shape index (κ3) is 3.13. The van der Waals surface area contributed by atoms with E-state index in [-0.39, 0.29) is 0 Å². The van der Waals surface area contributed by atoms with Crippen molar-refractivity contribution >= 4 is 16.9 Å². The molecule has 2 fully saturated rings. The lowest BCUT2D eigenvalue weighted by molar-refractivity contribution is 0.0992. The first kappa shape index (κ1) is 15.5. The Bertz CT molecular complexity index is 723. The molecule has 2 bridgehead atoms. The Balaban J connectivity index is 1.24. The fourth-order valence-electron chi connectivity index (χ4n) is 3.98. The normalized spacial score (nSPS) is 26.2. The number of hydrogen-bond donors (Lipinski definition) is 3. The smallest absolute Gasteiger partial charge is 0.191 e. The second-order valence-corrected chi connectivity index (χ2v) is 6.82. The van der Waals surface area contributed by atoms with Crippen molar-refractivity contribution in [3.05, 3.63) is 36.0 Å². The zero-order chi connectivity index (χ0) is 16.4. The van der Waals surface area contributed by atoms with Crippen LogP contribution in [-0.4, -0.2) is 42.8 Å². The van der Waals surface area contributed by atoms with Crippen LogP contribution in [-0.2, 0) is 11.2 Å². The average molecular weight is 326 g/mol. The van der Waals surface area contributed by atoms with Crippen molar-refractivity contribution in [3.63, 3.8) is 0 Å². The number of ether oxygens (including phenoxy) is 1. The first-order chi connectivity index (χ1) is 11.8. The quantitative estimate of drug-likeness (QED) is 0.450. The highest BCUT2D eigenvalue weighted by Crippen LogP contribution is 2.34. The van der Waals surface area contributed by atoms with Gasteiger partial charge in [0.25, 0.3) is 0 Å². The van der Waals surface area contributed by atoms with Gasteiger partial charge in [-0.1, -0.05) is 18.2 Å². The van der Waals surface area contributed by atoms with E-state index in [1.807, 2.05) is 7.05 Å². The molecule has 4 rings (SSSR count). The largest absolute Gasteiger partial charge is 0.373 e. The highest BCUT2D eigenvalue weighted by Gasteiger charge is 2.41. The minimum Gasteiger partial charge on any atom is -0.373 e. The first-order valence-electron chi connectivity index (χ1n) is 9.01. The summed E-state index contributed by atoms with van der Waals surface area (Å²) in [5.74, 6) is 0.898. The third-order valence-corrected chi connectivity index (χ3v) is 5.24. The molecule has 5 nitrogen and oxygen atoms in total. The van der Waals surface area contributed by atoms with E-state index >= 15 is 0 Å². The molecule has 0 aliphatic carbocycles. The number of fused-ring (bicyclic) bond motifs is 3. The number of aryl methyl sites for hydroxylation is 1. The van der Waals surface area contributed by atoms with Gasteiger partial charge in [-0.25, -0.2) is 0 Å². The van der Waals surface area contributed by atoms with E-state index in [4.69, 9.17) is 4.74 Å². The van der Waals surface area contributed by atoms with Gasteiger partial charge in [0.05, 0.1) is 18.2 Å². The average Bonchev–Trinajstić information content (AvgIpc) is 3.33. The molecule has 3 atom stereocenters. The molecule has 2 saturated heterocycles. The second kappa shape index (κ2) is 6.85. The van der Waals surface area contributed by atoms with Crippen molar-refractivity contribution in [2.75, 3.05) is 13.6 Å². The molecule has 2 aromatic rings. The van der Waals surface area contributed by atoms with Crippen LogP contribution in [0, 0.1) is 0 Å². The molecule has 1 aromatic carbocycles. The lowest BCUT2D eigenvalue weighted by Gasteiger charge is -2.22. The molecule has 5 heteroatoms. The Morgan fingerprint density at radius 2 is 2.25 bits per heavy atom. The van der Waals surface area contributed by atoms with Gasteiger partial charge in [0.1, 0.15) is 0 Å².